The van der Waals surface area contributed by atoms with E-state index in [0.29, 0.717) is 5.92 Å². The lowest BCUT2D eigenvalue weighted by Crippen LogP contribution is -2.43. The van der Waals surface area contributed by atoms with Crippen LogP contribution in [-0.4, -0.2) is 5.54 Å². The maximum Gasteiger partial charge on any atom is 0.0406 e. The molecule has 0 unspecified atom stereocenters. The van der Waals surface area contributed by atoms with Crippen LogP contribution in [0.1, 0.15) is 52.4 Å². The first-order valence-corrected chi connectivity index (χ1v) is 6.98. The summed E-state index contributed by atoms with van der Waals surface area (Å²) in [7, 11) is 0. The molecular formula is C16H25N. The Kier molecular flexibility index (Phi) is 3.88. The Hall–Kier alpha value is -0.820. The molecule has 1 fully saturated rings. The van der Waals surface area contributed by atoms with E-state index in [9.17, 15) is 0 Å². The molecule has 1 nitrogen and oxygen atoms in total. The molecular weight excluding hydrogens is 206 g/mol. The number of hydrogen-bond acceptors (Lipinski definition) is 1. The topological polar surface area (TPSA) is 26.0 Å². The Labute approximate surface area is 105 Å². The highest BCUT2D eigenvalue weighted by molar-refractivity contribution is 5.37. The van der Waals surface area contributed by atoms with Gasteiger partial charge in [-0.3, -0.25) is 0 Å². The third kappa shape index (κ3) is 2.90. The van der Waals surface area contributed by atoms with Crippen molar-refractivity contribution in [1.82, 2.24) is 0 Å². The maximum absolute atomic E-state index is 6.58. The first-order chi connectivity index (χ1) is 8.12. The maximum atomic E-state index is 6.58. The van der Waals surface area contributed by atoms with Gasteiger partial charge in [-0.25, -0.2) is 0 Å². The van der Waals surface area contributed by atoms with Gasteiger partial charge in [-0.05, 0) is 30.8 Å². The Balaban J connectivity index is 2.13. The van der Waals surface area contributed by atoms with Crippen LogP contribution in [0.25, 0.3) is 0 Å². The summed E-state index contributed by atoms with van der Waals surface area (Å²) >= 11 is 0. The van der Waals surface area contributed by atoms with Crippen molar-refractivity contribution in [3.63, 3.8) is 0 Å². The highest BCUT2D eigenvalue weighted by Crippen LogP contribution is 2.34. The van der Waals surface area contributed by atoms with Crippen LogP contribution in [-0.2, 0) is 0 Å². The molecule has 0 heterocycles. The van der Waals surface area contributed by atoms with Crippen LogP contribution < -0.4 is 5.73 Å². The fraction of sp³-hybridized carbons (Fsp3) is 0.625. The molecule has 2 rings (SSSR count). The highest BCUT2D eigenvalue weighted by Gasteiger charge is 2.30. The summed E-state index contributed by atoms with van der Waals surface area (Å²) in [4.78, 5) is 0. The number of hydrogen-bond donors (Lipinski definition) is 1. The quantitative estimate of drug-likeness (QED) is 0.760. The average molecular weight is 231 g/mol. The van der Waals surface area contributed by atoms with Crippen molar-refractivity contribution in [2.75, 3.05) is 0 Å². The van der Waals surface area contributed by atoms with Gasteiger partial charge in [0, 0.05) is 5.54 Å². The van der Waals surface area contributed by atoms with Gasteiger partial charge >= 0.3 is 0 Å². The van der Waals surface area contributed by atoms with Crippen LogP contribution in [0.15, 0.2) is 35.5 Å². The molecule has 0 aromatic heterocycles. The van der Waals surface area contributed by atoms with E-state index in [4.69, 9.17) is 5.73 Å². The van der Waals surface area contributed by atoms with Gasteiger partial charge < -0.3 is 5.73 Å². The highest BCUT2D eigenvalue weighted by atomic mass is 14.7. The lowest BCUT2D eigenvalue weighted by molar-refractivity contribution is 0.346. The average Bonchev–Trinajstić information content (AvgIpc) is 2.55. The van der Waals surface area contributed by atoms with Crippen LogP contribution in [0.2, 0.25) is 0 Å². The van der Waals surface area contributed by atoms with Gasteiger partial charge in [-0.1, -0.05) is 63.0 Å². The summed E-state index contributed by atoms with van der Waals surface area (Å²) in [6, 6.07) is 0. The summed E-state index contributed by atoms with van der Waals surface area (Å²) in [6.07, 6.45) is 16.3. The molecule has 0 aliphatic heterocycles. The van der Waals surface area contributed by atoms with Gasteiger partial charge in [0.2, 0.25) is 0 Å². The van der Waals surface area contributed by atoms with E-state index in [1.165, 1.54) is 30.4 Å². The van der Waals surface area contributed by atoms with Crippen LogP contribution in [0.4, 0.5) is 0 Å². The van der Waals surface area contributed by atoms with Crippen molar-refractivity contribution in [3.8, 4) is 0 Å². The van der Waals surface area contributed by atoms with Gasteiger partial charge in [-0.15, -0.1) is 0 Å². The van der Waals surface area contributed by atoms with E-state index in [-0.39, 0.29) is 5.54 Å². The van der Waals surface area contributed by atoms with Crippen LogP contribution >= 0.6 is 0 Å². The lowest BCUT2D eigenvalue weighted by atomic mass is 9.76. The third-order valence-electron chi connectivity index (χ3n) is 4.21. The van der Waals surface area contributed by atoms with E-state index in [2.05, 4.69) is 38.2 Å². The molecule has 0 bridgehead atoms. The van der Waals surface area contributed by atoms with Crippen molar-refractivity contribution in [2.45, 2.75) is 57.9 Å². The fourth-order valence-electron chi connectivity index (χ4n) is 2.91. The summed E-state index contributed by atoms with van der Waals surface area (Å²) in [5.41, 5.74) is 9.41. The number of allylic oxidation sites excluding steroid dienone is 4. The largest absolute Gasteiger partial charge is 0.321 e. The van der Waals surface area contributed by atoms with E-state index >= 15 is 0 Å². The van der Waals surface area contributed by atoms with E-state index in [1.807, 2.05) is 0 Å². The molecule has 94 valence electrons. The minimum Gasteiger partial charge on any atom is -0.321 e. The van der Waals surface area contributed by atoms with Crippen molar-refractivity contribution in [3.05, 3.63) is 35.5 Å². The smallest absolute Gasteiger partial charge is 0.0406 e. The molecule has 0 saturated heterocycles. The first-order valence-electron chi connectivity index (χ1n) is 6.98. The SMILES string of the molecule is CC(C)C1=CC=CC(C2(N)CCCCC2)=CC1. The molecule has 0 aromatic carbocycles. The number of rotatable bonds is 2. The lowest BCUT2D eigenvalue weighted by Gasteiger charge is -2.34. The summed E-state index contributed by atoms with van der Waals surface area (Å²) < 4.78 is 0. The van der Waals surface area contributed by atoms with Gasteiger partial charge in [-0.2, -0.15) is 0 Å². The molecule has 2 aliphatic carbocycles. The predicted octanol–water partition coefficient (Wildman–Crippen LogP) is 4.12. The summed E-state index contributed by atoms with van der Waals surface area (Å²) in [6.45, 7) is 4.52. The van der Waals surface area contributed by atoms with Crippen molar-refractivity contribution in [1.29, 1.82) is 0 Å². The van der Waals surface area contributed by atoms with Crippen molar-refractivity contribution >= 4 is 0 Å². The molecule has 0 atom stereocenters. The minimum absolute atomic E-state index is 0.0466. The molecule has 0 amide bonds. The molecule has 0 spiro atoms. The van der Waals surface area contributed by atoms with E-state index in [1.54, 1.807) is 0 Å². The Bertz CT molecular complexity index is 352. The van der Waals surface area contributed by atoms with Crippen molar-refractivity contribution in [2.24, 2.45) is 11.7 Å². The Morgan fingerprint density at radius 1 is 1.18 bits per heavy atom. The Morgan fingerprint density at radius 2 is 1.88 bits per heavy atom. The van der Waals surface area contributed by atoms with Crippen LogP contribution in [0.3, 0.4) is 0 Å². The fourth-order valence-corrected chi connectivity index (χ4v) is 2.91. The molecule has 17 heavy (non-hydrogen) atoms. The molecule has 1 heteroatoms. The third-order valence-corrected chi connectivity index (χ3v) is 4.21. The molecule has 2 N–H and O–H groups in total. The monoisotopic (exact) mass is 231 g/mol. The first kappa shape index (κ1) is 12.6. The minimum atomic E-state index is -0.0466. The zero-order valence-corrected chi connectivity index (χ0v) is 11.2. The molecule has 2 aliphatic rings. The van der Waals surface area contributed by atoms with Gasteiger partial charge in [0.05, 0.1) is 0 Å². The van der Waals surface area contributed by atoms with Crippen LogP contribution in [0, 0.1) is 5.92 Å². The molecule has 0 aromatic rings. The standard InChI is InChI=1S/C16H25N/c1-13(2)14-7-6-8-15(10-9-14)16(17)11-4-3-5-12-16/h6-8,10,13H,3-5,9,11-12,17H2,1-2H3. The summed E-state index contributed by atoms with van der Waals surface area (Å²) in [5.74, 6) is 0.635. The normalized spacial score (nSPS) is 24.2. The van der Waals surface area contributed by atoms with Crippen molar-refractivity contribution < 1.29 is 0 Å². The second kappa shape index (κ2) is 5.22. The van der Waals surface area contributed by atoms with Gasteiger partial charge in [0.15, 0.2) is 0 Å². The van der Waals surface area contributed by atoms with E-state index < -0.39 is 0 Å². The zero-order chi connectivity index (χ0) is 12.3. The summed E-state index contributed by atoms with van der Waals surface area (Å²) in [5, 5.41) is 0. The molecule has 0 radical (unpaired) electrons. The zero-order valence-electron chi connectivity index (χ0n) is 11.2. The van der Waals surface area contributed by atoms with Crippen LogP contribution in [0.5, 0.6) is 0 Å². The Morgan fingerprint density at radius 3 is 2.53 bits per heavy atom. The van der Waals surface area contributed by atoms with Gasteiger partial charge in [0.1, 0.15) is 0 Å². The van der Waals surface area contributed by atoms with E-state index in [0.717, 1.165) is 19.3 Å². The predicted molar refractivity (Wildman–Crippen MR) is 74.8 cm³/mol. The molecule has 1 saturated carbocycles. The number of nitrogens with two attached hydrogens (primary N) is 1. The second-order valence-corrected chi connectivity index (χ2v) is 5.84. The second-order valence-electron chi connectivity index (χ2n) is 5.84. The van der Waals surface area contributed by atoms with Gasteiger partial charge in [0.25, 0.3) is 0 Å².